The first kappa shape index (κ1) is 14.3. The predicted octanol–water partition coefficient (Wildman–Crippen LogP) is 2.12. The van der Waals surface area contributed by atoms with Gasteiger partial charge in [-0.25, -0.2) is 0 Å². The van der Waals surface area contributed by atoms with E-state index < -0.39 is 0 Å². The van der Waals surface area contributed by atoms with Gasteiger partial charge in [-0.2, -0.15) is 0 Å². The van der Waals surface area contributed by atoms with E-state index in [4.69, 9.17) is 4.74 Å². The Morgan fingerprint density at radius 1 is 1.22 bits per heavy atom. The first-order chi connectivity index (χ1) is 8.48. The minimum atomic E-state index is 0.355. The topological polar surface area (TPSA) is 24.5 Å². The third-order valence-electron chi connectivity index (χ3n) is 4.78. The molecule has 2 fully saturated rings. The molecule has 0 radical (unpaired) electrons. The maximum Gasteiger partial charge on any atom is 0.0469 e. The number of ether oxygens (including phenoxy) is 1. The maximum absolute atomic E-state index is 5.48. The van der Waals surface area contributed by atoms with Crippen LogP contribution >= 0.6 is 0 Å². The summed E-state index contributed by atoms with van der Waals surface area (Å²) >= 11 is 0. The Balaban J connectivity index is 1.91. The van der Waals surface area contributed by atoms with Gasteiger partial charge in [0.05, 0.1) is 0 Å². The average molecular weight is 254 g/mol. The quantitative estimate of drug-likeness (QED) is 0.817. The summed E-state index contributed by atoms with van der Waals surface area (Å²) in [7, 11) is 0. The zero-order valence-electron chi connectivity index (χ0n) is 12.5. The molecule has 106 valence electrons. The minimum absolute atomic E-state index is 0.355. The highest BCUT2D eigenvalue weighted by molar-refractivity contribution is 4.90. The number of piperazine rings is 1. The van der Waals surface area contributed by atoms with Crippen LogP contribution in [0.4, 0.5) is 0 Å². The van der Waals surface area contributed by atoms with Crippen LogP contribution in [0.5, 0.6) is 0 Å². The lowest BCUT2D eigenvalue weighted by Gasteiger charge is -2.45. The number of hydrogen-bond donors (Lipinski definition) is 1. The van der Waals surface area contributed by atoms with Crippen LogP contribution < -0.4 is 5.32 Å². The lowest BCUT2D eigenvalue weighted by atomic mass is 9.84. The van der Waals surface area contributed by atoms with Crippen LogP contribution in [0.2, 0.25) is 0 Å². The molecule has 3 heteroatoms. The van der Waals surface area contributed by atoms with Crippen molar-refractivity contribution in [3.8, 4) is 0 Å². The summed E-state index contributed by atoms with van der Waals surface area (Å²) in [5, 5.41) is 3.68. The molecular weight excluding hydrogens is 224 g/mol. The molecule has 0 amide bonds. The molecule has 0 aromatic carbocycles. The Morgan fingerprint density at radius 2 is 1.89 bits per heavy atom. The van der Waals surface area contributed by atoms with Crippen LogP contribution in [0.3, 0.4) is 0 Å². The second-order valence-corrected chi connectivity index (χ2v) is 7.06. The zero-order valence-corrected chi connectivity index (χ0v) is 12.5. The summed E-state index contributed by atoms with van der Waals surface area (Å²) in [6, 6.07) is 1.33. The second-order valence-electron chi connectivity index (χ2n) is 7.06. The van der Waals surface area contributed by atoms with Crippen LogP contribution in [0, 0.1) is 11.3 Å². The monoisotopic (exact) mass is 254 g/mol. The van der Waals surface area contributed by atoms with E-state index in [1.807, 2.05) is 0 Å². The van der Waals surface area contributed by atoms with Crippen molar-refractivity contribution in [2.75, 3.05) is 32.8 Å². The molecule has 0 spiro atoms. The van der Waals surface area contributed by atoms with Gasteiger partial charge in [-0.3, -0.25) is 4.90 Å². The molecule has 3 nitrogen and oxygen atoms in total. The number of hydrogen-bond acceptors (Lipinski definition) is 3. The van der Waals surface area contributed by atoms with Gasteiger partial charge in [0.1, 0.15) is 0 Å². The van der Waals surface area contributed by atoms with Crippen molar-refractivity contribution in [2.24, 2.45) is 11.3 Å². The molecule has 0 saturated carbocycles. The normalized spacial score (nSPS) is 30.3. The van der Waals surface area contributed by atoms with Gasteiger partial charge in [0.2, 0.25) is 0 Å². The van der Waals surface area contributed by atoms with Crippen LogP contribution in [0.15, 0.2) is 0 Å². The first-order valence-corrected chi connectivity index (χ1v) is 7.53. The molecule has 0 aromatic heterocycles. The van der Waals surface area contributed by atoms with Crippen molar-refractivity contribution in [2.45, 2.75) is 52.6 Å². The van der Waals surface area contributed by atoms with E-state index >= 15 is 0 Å². The van der Waals surface area contributed by atoms with E-state index in [1.54, 1.807) is 0 Å². The molecule has 0 bridgehead atoms. The Bertz CT molecular complexity index is 256. The SMILES string of the molecule is CC(C1CCOCC1)N1CCNC(C(C)(C)C)C1. The van der Waals surface area contributed by atoms with Crippen molar-refractivity contribution in [1.29, 1.82) is 0 Å². The molecule has 2 unspecified atom stereocenters. The summed E-state index contributed by atoms with van der Waals surface area (Å²) in [4.78, 5) is 2.70. The van der Waals surface area contributed by atoms with Crippen LogP contribution in [0.1, 0.15) is 40.5 Å². The number of nitrogens with zero attached hydrogens (tertiary/aromatic N) is 1. The number of nitrogens with one attached hydrogen (secondary N) is 1. The first-order valence-electron chi connectivity index (χ1n) is 7.53. The van der Waals surface area contributed by atoms with E-state index in [2.05, 4.69) is 37.9 Å². The van der Waals surface area contributed by atoms with Gasteiger partial charge in [-0.1, -0.05) is 20.8 Å². The summed E-state index contributed by atoms with van der Waals surface area (Å²) in [5.74, 6) is 0.831. The highest BCUT2D eigenvalue weighted by Crippen LogP contribution is 2.27. The van der Waals surface area contributed by atoms with Gasteiger partial charge in [-0.05, 0) is 31.1 Å². The summed E-state index contributed by atoms with van der Waals surface area (Å²) in [5.41, 5.74) is 0.355. The largest absolute Gasteiger partial charge is 0.381 e. The summed E-state index contributed by atoms with van der Waals surface area (Å²) < 4.78 is 5.48. The van der Waals surface area contributed by atoms with Crippen LogP contribution in [0.25, 0.3) is 0 Å². The fraction of sp³-hybridized carbons (Fsp3) is 1.00. The van der Waals surface area contributed by atoms with Crippen molar-refractivity contribution >= 4 is 0 Å². The van der Waals surface area contributed by atoms with E-state index in [0.29, 0.717) is 17.5 Å². The summed E-state index contributed by atoms with van der Waals surface area (Å²) in [6.45, 7) is 14.9. The Hall–Kier alpha value is -0.120. The Labute approximate surface area is 112 Å². The molecule has 2 heterocycles. The highest BCUT2D eigenvalue weighted by Gasteiger charge is 2.33. The van der Waals surface area contributed by atoms with Crippen LogP contribution in [-0.4, -0.2) is 49.8 Å². The Kier molecular flexibility index (Phi) is 4.68. The molecule has 2 atom stereocenters. The van der Waals surface area contributed by atoms with E-state index in [-0.39, 0.29) is 0 Å². The maximum atomic E-state index is 5.48. The lowest BCUT2D eigenvalue weighted by Crippen LogP contribution is -2.59. The van der Waals surface area contributed by atoms with Crippen molar-refractivity contribution in [1.82, 2.24) is 10.2 Å². The Morgan fingerprint density at radius 3 is 2.50 bits per heavy atom. The summed E-state index contributed by atoms with van der Waals surface area (Å²) in [6.07, 6.45) is 2.48. The molecule has 2 saturated heterocycles. The third-order valence-corrected chi connectivity index (χ3v) is 4.78. The standard InChI is InChI=1S/C15H30N2O/c1-12(13-5-9-18-10-6-13)17-8-7-16-14(11-17)15(2,3)4/h12-14,16H,5-11H2,1-4H3. The van der Waals surface area contributed by atoms with Gasteiger partial charge in [0, 0.05) is 44.9 Å². The molecule has 18 heavy (non-hydrogen) atoms. The molecule has 0 aromatic rings. The van der Waals surface area contributed by atoms with Crippen molar-refractivity contribution in [3.05, 3.63) is 0 Å². The molecule has 2 rings (SSSR count). The smallest absolute Gasteiger partial charge is 0.0469 e. The molecule has 2 aliphatic heterocycles. The van der Waals surface area contributed by atoms with E-state index in [0.717, 1.165) is 25.7 Å². The lowest BCUT2D eigenvalue weighted by molar-refractivity contribution is 0.0153. The van der Waals surface area contributed by atoms with Gasteiger partial charge in [-0.15, -0.1) is 0 Å². The molecular formula is C15H30N2O. The van der Waals surface area contributed by atoms with Crippen molar-refractivity contribution in [3.63, 3.8) is 0 Å². The average Bonchev–Trinajstić information content (AvgIpc) is 2.38. The highest BCUT2D eigenvalue weighted by atomic mass is 16.5. The van der Waals surface area contributed by atoms with Crippen molar-refractivity contribution < 1.29 is 4.74 Å². The number of rotatable bonds is 2. The van der Waals surface area contributed by atoms with Gasteiger partial charge in [0.15, 0.2) is 0 Å². The third kappa shape index (κ3) is 3.46. The minimum Gasteiger partial charge on any atom is -0.381 e. The molecule has 0 aliphatic carbocycles. The predicted molar refractivity (Wildman–Crippen MR) is 75.8 cm³/mol. The molecule has 1 N–H and O–H groups in total. The van der Waals surface area contributed by atoms with Gasteiger partial charge >= 0.3 is 0 Å². The fourth-order valence-corrected chi connectivity index (χ4v) is 3.22. The van der Waals surface area contributed by atoms with Crippen LogP contribution in [-0.2, 0) is 4.74 Å². The second kappa shape index (κ2) is 5.89. The van der Waals surface area contributed by atoms with E-state index in [1.165, 1.54) is 25.9 Å². The zero-order chi connectivity index (χ0) is 13.2. The van der Waals surface area contributed by atoms with Gasteiger partial charge < -0.3 is 10.1 Å². The molecule has 2 aliphatic rings. The fourth-order valence-electron chi connectivity index (χ4n) is 3.22. The van der Waals surface area contributed by atoms with Gasteiger partial charge in [0.25, 0.3) is 0 Å². The van der Waals surface area contributed by atoms with E-state index in [9.17, 15) is 0 Å².